The van der Waals surface area contributed by atoms with Crippen LogP contribution in [-0.2, 0) is 13.6 Å². The first-order chi connectivity index (χ1) is 11.1. The van der Waals surface area contributed by atoms with Gasteiger partial charge in [-0.05, 0) is 28.5 Å². The minimum absolute atomic E-state index is 0.494. The second kappa shape index (κ2) is 7.27. The van der Waals surface area contributed by atoms with Gasteiger partial charge in [0.15, 0.2) is 0 Å². The summed E-state index contributed by atoms with van der Waals surface area (Å²) in [4.78, 5) is 0. The smallest absolute Gasteiger partial charge is 0.0982 e. The van der Waals surface area contributed by atoms with E-state index in [4.69, 9.17) is 11.6 Å². The summed E-state index contributed by atoms with van der Waals surface area (Å²) in [5.41, 5.74) is 3.79. The first-order valence-electron chi connectivity index (χ1n) is 7.33. The third-order valence-electron chi connectivity index (χ3n) is 3.61. The molecular weight excluding hydrogens is 330 g/mol. The van der Waals surface area contributed by atoms with Gasteiger partial charge in [0.25, 0.3) is 0 Å². The summed E-state index contributed by atoms with van der Waals surface area (Å²) in [7, 11) is 1.89. The zero-order valence-electron chi connectivity index (χ0n) is 12.7. The largest absolute Gasteiger partial charge is 0.387 e. The van der Waals surface area contributed by atoms with Crippen molar-refractivity contribution in [1.29, 1.82) is 0 Å². The van der Waals surface area contributed by atoms with Crippen molar-refractivity contribution in [3.05, 3.63) is 63.4 Å². The molecule has 1 atom stereocenters. The number of aliphatic hydroxyl groups is 1. The van der Waals surface area contributed by atoms with Gasteiger partial charge in [-0.15, -0.1) is 0 Å². The Hall–Kier alpha value is -1.66. The Labute approximate surface area is 144 Å². The number of hydrogen-bond donors (Lipinski definition) is 2. The van der Waals surface area contributed by atoms with Crippen molar-refractivity contribution in [2.24, 2.45) is 7.05 Å². The number of halogens is 1. The Morgan fingerprint density at radius 3 is 2.91 bits per heavy atom. The molecule has 1 unspecified atom stereocenters. The Bertz CT molecular complexity index is 770. The van der Waals surface area contributed by atoms with Crippen molar-refractivity contribution in [3.8, 4) is 11.3 Å². The van der Waals surface area contributed by atoms with Crippen LogP contribution in [0.15, 0.2) is 47.3 Å². The molecule has 0 aliphatic carbocycles. The van der Waals surface area contributed by atoms with Crippen molar-refractivity contribution in [3.63, 3.8) is 0 Å². The predicted octanol–water partition coefficient (Wildman–Crippen LogP) is 3.63. The minimum Gasteiger partial charge on any atom is -0.387 e. The molecule has 0 amide bonds. The quantitative estimate of drug-likeness (QED) is 0.716. The number of hydrogen-bond acceptors (Lipinski definition) is 4. The van der Waals surface area contributed by atoms with Gasteiger partial charge in [0.05, 0.1) is 16.8 Å². The summed E-state index contributed by atoms with van der Waals surface area (Å²) in [5.74, 6) is 0. The summed E-state index contributed by atoms with van der Waals surface area (Å²) in [6.45, 7) is 1.11. The normalized spacial score (nSPS) is 12.5. The molecule has 6 heteroatoms. The summed E-state index contributed by atoms with van der Waals surface area (Å²) in [5, 5.41) is 22.6. The lowest BCUT2D eigenvalue weighted by Crippen LogP contribution is -2.20. The molecule has 0 saturated carbocycles. The molecule has 2 heterocycles. The molecule has 23 heavy (non-hydrogen) atoms. The van der Waals surface area contributed by atoms with Crippen LogP contribution in [0.4, 0.5) is 0 Å². The average Bonchev–Trinajstić information content (AvgIpc) is 3.17. The lowest BCUT2D eigenvalue weighted by Gasteiger charge is -2.10. The van der Waals surface area contributed by atoms with E-state index in [9.17, 15) is 5.11 Å². The van der Waals surface area contributed by atoms with Crippen molar-refractivity contribution >= 4 is 22.9 Å². The van der Waals surface area contributed by atoms with E-state index in [1.54, 1.807) is 16.0 Å². The Kier molecular flexibility index (Phi) is 5.13. The maximum atomic E-state index is 10.1. The van der Waals surface area contributed by atoms with Crippen LogP contribution in [0.2, 0.25) is 5.02 Å². The summed E-state index contributed by atoms with van der Waals surface area (Å²) in [6.07, 6.45) is 1.48. The standard InChI is InChI=1S/C17H18ClN3OS/c1-21-10-13(8-19-9-16(22)12-6-7-23-11-12)17(20-21)14-4-2-3-5-15(14)18/h2-7,10-11,16,19,22H,8-9H2,1H3. The first kappa shape index (κ1) is 16.2. The van der Waals surface area contributed by atoms with Gasteiger partial charge in [-0.2, -0.15) is 16.4 Å². The molecule has 4 nitrogen and oxygen atoms in total. The summed E-state index contributed by atoms with van der Waals surface area (Å²) >= 11 is 7.87. The van der Waals surface area contributed by atoms with Crippen LogP contribution in [0.3, 0.4) is 0 Å². The van der Waals surface area contributed by atoms with Gasteiger partial charge in [-0.3, -0.25) is 4.68 Å². The molecule has 2 N–H and O–H groups in total. The molecule has 0 fully saturated rings. The van der Waals surface area contributed by atoms with Crippen molar-refractivity contribution in [2.75, 3.05) is 6.54 Å². The number of benzene rings is 1. The Balaban J connectivity index is 1.70. The van der Waals surface area contributed by atoms with Gasteiger partial charge in [-0.1, -0.05) is 29.8 Å². The predicted molar refractivity (Wildman–Crippen MR) is 94.6 cm³/mol. The van der Waals surface area contributed by atoms with Gasteiger partial charge in [0, 0.05) is 37.5 Å². The minimum atomic E-state index is -0.498. The second-order valence-electron chi connectivity index (χ2n) is 5.36. The van der Waals surface area contributed by atoms with E-state index in [2.05, 4.69) is 10.4 Å². The number of thiophene rings is 1. The number of aromatic nitrogens is 2. The van der Waals surface area contributed by atoms with Crippen molar-refractivity contribution < 1.29 is 5.11 Å². The molecule has 1 aromatic carbocycles. The molecular formula is C17H18ClN3OS. The van der Waals surface area contributed by atoms with E-state index in [1.807, 2.05) is 54.3 Å². The molecule has 120 valence electrons. The van der Waals surface area contributed by atoms with Gasteiger partial charge in [-0.25, -0.2) is 0 Å². The fourth-order valence-electron chi connectivity index (χ4n) is 2.47. The molecule has 0 spiro atoms. The third kappa shape index (κ3) is 3.82. The van der Waals surface area contributed by atoms with Gasteiger partial charge in [0.2, 0.25) is 0 Å². The third-order valence-corrected chi connectivity index (χ3v) is 4.65. The maximum Gasteiger partial charge on any atom is 0.0982 e. The fourth-order valence-corrected chi connectivity index (χ4v) is 3.41. The van der Waals surface area contributed by atoms with E-state index in [1.165, 1.54) is 0 Å². The van der Waals surface area contributed by atoms with Gasteiger partial charge in [0.1, 0.15) is 0 Å². The first-order valence-corrected chi connectivity index (χ1v) is 8.65. The molecule has 3 aromatic rings. The lowest BCUT2D eigenvalue weighted by molar-refractivity contribution is 0.175. The summed E-state index contributed by atoms with van der Waals surface area (Å²) < 4.78 is 1.78. The Morgan fingerprint density at radius 1 is 1.35 bits per heavy atom. The molecule has 3 rings (SSSR count). The zero-order chi connectivity index (χ0) is 16.2. The number of aryl methyl sites for hydroxylation is 1. The average molecular weight is 348 g/mol. The fraction of sp³-hybridized carbons (Fsp3) is 0.235. The molecule has 2 aromatic heterocycles. The number of rotatable bonds is 6. The van der Waals surface area contributed by atoms with Crippen LogP contribution < -0.4 is 5.32 Å². The monoisotopic (exact) mass is 347 g/mol. The van der Waals surface area contributed by atoms with E-state index in [0.717, 1.165) is 22.4 Å². The molecule has 0 radical (unpaired) electrons. The van der Waals surface area contributed by atoms with Crippen LogP contribution in [-0.4, -0.2) is 21.4 Å². The molecule has 0 saturated heterocycles. The van der Waals surface area contributed by atoms with E-state index < -0.39 is 6.10 Å². The van der Waals surface area contributed by atoms with Crippen LogP contribution in [0.5, 0.6) is 0 Å². The number of nitrogens with zero attached hydrogens (tertiary/aromatic N) is 2. The van der Waals surface area contributed by atoms with Gasteiger partial charge < -0.3 is 10.4 Å². The highest BCUT2D eigenvalue weighted by atomic mass is 35.5. The zero-order valence-corrected chi connectivity index (χ0v) is 14.3. The maximum absolute atomic E-state index is 10.1. The topological polar surface area (TPSA) is 50.1 Å². The van der Waals surface area contributed by atoms with Crippen LogP contribution >= 0.6 is 22.9 Å². The van der Waals surface area contributed by atoms with E-state index >= 15 is 0 Å². The van der Waals surface area contributed by atoms with E-state index in [0.29, 0.717) is 18.1 Å². The van der Waals surface area contributed by atoms with Gasteiger partial charge >= 0.3 is 0 Å². The SMILES string of the molecule is Cn1cc(CNCC(O)c2ccsc2)c(-c2ccccc2Cl)n1. The molecule has 0 bridgehead atoms. The highest BCUT2D eigenvalue weighted by Crippen LogP contribution is 2.29. The highest BCUT2D eigenvalue weighted by Gasteiger charge is 2.13. The molecule has 0 aliphatic rings. The van der Waals surface area contributed by atoms with Crippen LogP contribution in [0.25, 0.3) is 11.3 Å². The van der Waals surface area contributed by atoms with Crippen molar-refractivity contribution in [2.45, 2.75) is 12.6 Å². The van der Waals surface area contributed by atoms with Crippen LogP contribution in [0.1, 0.15) is 17.2 Å². The second-order valence-corrected chi connectivity index (χ2v) is 6.55. The van der Waals surface area contributed by atoms with E-state index in [-0.39, 0.29) is 0 Å². The highest BCUT2D eigenvalue weighted by molar-refractivity contribution is 7.07. The molecule has 0 aliphatic heterocycles. The number of aliphatic hydroxyl groups excluding tert-OH is 1. The number of nitrogens with one attached hydrogen (secondary N) is 1. The summed E-state index contributed by atoms with van der Waals surface area (Å²) in [6, 6.07) is 9.63. The lowest BCUT2D eigenvalue weighted by atomic mass is 10.1. The Morgan fingerprint density at radius 2 is 2.17 bits per heavy atom. The van der Waals surface area contributed by atoms with Crippen molar-refractivity contribution in [1.82, 2.24) is 15.1 Å². The van der Waals surface area contributed by atoms with Crippen LogP contribution in [0, 0.1) is 0 Å².